The van der Waals surface area contributed by atoms with E-state index in [1.54, 1.807) is 6.07 Å². The fourth-order valence-corrected chi connectivity index (χ4v) is 2.21. The molecule has 0 saturated heterocycles. The zero-order valence-corrected chi connectivity index (χ0v) is 9.33. The number of aromatic carboxylic acids is 1. The Morgan fingerprint density at radius 3 is 3.00 bits per heavy atom. The summed E-state index contributed by atoms with van der Waals surface area (Å²) in [5, 5.41) is 21.2. The molecule has 0 aromatic carbocycles. The van der Waals surface area contributed by atoms with Crippen LogP contribution in [0.25, 0.3) is 0 Å². The highest BCUT2D eigenvalue weighted by atomic mass is 16.4. The van der Waals surface area contributed by atoms with Gasteiger partial charge in [-0.05, 0) is 31.4 Å². The summed E-state index contributed by atoms with van der Waals surface area (Å²) in [6.45, 7) is 0. The van der Waals surface area contributed by atoms with Crippen LogP contribution >= 0.6 is 0 Å². The van der Waals surface area contributed by atoms with Crippen molar-refractivity contribution >= 4 is 11.7 Å². The van der Waals surface area contributed by atoms with E-state index in [4.69, 9.17) is 10.3 Å². The molecule has 1 heterocycles. The van der Waals surface area contributed by atoms with Gasteiger partial charge in [0.15, 0.2) is 0 Å². The molecule has 1 aliphatic carbocycles. The van der Waals surface area contributed by atoms with Crippen LogP contribution in [0, 0.1) is 0 Å². The average Bonchev–Trinajstić information content (AvgIpc) is 2.39. The minimum absolute atomic E-state index is 0.0481. The van der Waals surface area contributed by atoms with Crippen molar-refractivity contribution in [2.75, 3.05) is 0 Å². The van der Waals surface area contributed by atoms with Gasteiger partial charge in [-0.1, -0.05) is 11.6 Å². The summed E-state index contributed by atoms with van der Waals surface area (Å²) in [5.74, 6) is -1.01. The van der Waals surface area contributed by atoms with E-state index < -0.39 is 5.97 Å². The maximum atomic E-state index is 10.9. The smallest absolute Gasteiger partial charge is 0.335 e. The number of oxime groups is 1. The van der Waals surface area contributed by atoms with Crippen LogP contribution in [0.5, 0.6) is 0 Å². The molecule has 1 aliphatic rings. The van der Waals surface area contributed by atoms with E-state index in [-0.39, 0.29) is 11.5 Å². The number of carboxylic acid groups (broad SMARTS) is 1. The topological polar surface area (TPSA) is 82.8 Å². The Morgan fingerprint density at radius 1 is 1.47 bits per heavy atom. The molecule has 2 N–H and O–H groups in total. The molecule has 2 rings (SSSR count). The zero-order valence-electron chi connectivity index (χ0n) is 9.33. The molecule has 17 heavy (non-hydrogen) atoms. The Balaban J connectivity index is 2.32. The Kier molecular flexibility index (Phi) is 3.37. The Hall–Kier alpha value is -1.91. The summed E-state index contributed by atoms with van der Waals surface area (Å²) in [5.41, 5.74) is 1.60. The number of rotatable bonds is 2. The minimum atomic E-state index is -0.966. The highest BCUT2D eigenvalue weighted by molar-refractivity contribution is 5.92. The van der Waals surface area contributed by atoms with Crippen molar-refractivity contribution in [1.29, 1.82) is 0 Å². The van der Waals surface area contributed by atoms with Crippen molar-refractivity contribution in [3.8, 4) is 0 Å². The lowest BCUT2D eigenvalue weighted by Crippen LogP contribution is -2.19. The molecule has 1 atom stereocenters. The first-order valence-corrected chi connectivity index (χ1v) is 5.62. The summed E-state index contributed by atoms with van der Waals surface area (Å²) in [4.78, 5) is 15.1. The highest BCUT2D eigenvalue weighted by Crippen LogP contribution is 2.29. The average molecular weight is 234 g/mol. The van der Waals surface area contributed by atoms with Crippen LogP contribution < -0.4 is 0 Å². The lowest BCUT2D eigenvalue weighted by atomic mass is 9.84. The monoisotopic (exact) mass is 234 g/mol. The molecule has 5 nitrogen and oxygen atoms in total. The van der Waals surface area contributed by atoms with E-state index >= 15 is 0 Å². The normalized spacial score (nSPS) is 22.6. The van der Waals surface area contributed by atoms with Crippen LogP contribution in [0.1, 0.15) is 47.7 Å². The molecule has 5 heteroatoms. The predicted octanol–water partition coefficient (Wildman–Crippen LogP) is 2.27. The summed E-state index contributed by atoms with van der Waals surface area (Å²) in [6, 6.07) is 3.02. The molecular formula is C12H14N2O3. The SMILES string of the molecule is O=C(O)c1ccnc(C2CCCCC2=NO)c1. The largest absolute Gasteiger partial charge is 0.478 e. The molecule has 0 radical (unpaired) electrons. The minimum Gasteiger partial charge on any atom is -0.478 e. The van der Waals surface area contributed by atoms with Crippen molar-refractivity contribution < 1.29 is 15.1 Å². The maximum absolute atomic E-state index is 10.9. The van der Waals surface area contributed by atoms with Gasteiger partial charge in [0, 0.05) is 12.1 Å². The maximum Gasteiger partial charge on any atom is 0.335 e. The van der Waals surface area contributed by atoms with Gasteiger partial charge in [-0.15, -0.1) is 0 Å². The molecule has 1 saturated carbocycles. The lowest BCUT2D eigenvalue weighted by molar-refractivity contribution is 0.0696. The summed E-state index contributed by atoms with van der Waals surface area (Å²) in [6.07, 6.45) is 5.15. The predicted molar refractivity (Wildman–Crippen MR) is 61.6 cm³/mol. The summed E-state index contributed by atoms with van der Waals surface area (Å²) >= 11 is 0. The molecule has 1 aromatic heterocycles. The molecule has 0 bridgehead atoms. The molecule has 90 valence electrons. The Morgan fingerprint density at radius 2 is 2.29 bits per heavy atom. The van der Waals surface area contributed by atoms with Gasteiger partial charge in [-0.25, -0.2) is 4.79 Å². The molecular weight excluding hydrogens is 220 g/mol. The molecule has 1 unspecified atom stereocenters. The van der Waals surface area contributed by atoms with Gasteiger partial charge in [-0.3, -0.25) is 4.98 Å². The fraction of sp³-hybridized carbons (Fsp3) is 0.417. The second-order valence-corrected chi connectivity index (χ2v) is 4.16. The van der Waals surface area contributed by atoms with E-state index in [2.05, 4.69) is 10.1 Å². The third-order valence-corrected chi connectivity index (χ3v) is 3.09. The van der Waals surface area contributed by atoms with E-state index in [1.165, 1.54) is 12.3 Å². The standard InChI is InChI=1S/C12H14N2O3/c15-12(16)8-5-6-13-11(7-8)9-3-1-2-4-10(9)14-17/h5-7,9,17H,1-4H2,(H,15,16). The van der Waals surface area contributed by atoms with E-state index in [0.29, 0.717) is 11.4 Å². The second-order valence-electron chi connectivity index (χ2n) is 4.16. The highest BCUT2D eigenvalue weighted by Gasteiger charge is 2.24. The number of pyridine rings is 1. The van der Waals surface area contributed by atoms with Crippen LogP contribution in [0.4, 0.5) is 0 Å². The van der Waals surface area contributed by atoms with Gasteiger partial charge in [0.1, 0.15) is 0 Å². The Labute approximate surface area is 98.8 Å². The van der Waals surface area contributed by atoms with E-state index in [9.17, 15) is 4.79 Å². The van der Waals surface area contributed by atoms with Gasteiger partial charge in [0.2, 0.25) is 0 Å². The fourth-order valence-electron chi connectivity index (χ4n) is 2.21. The van der Waals surface area contributed by atoms with Crippen LogP contribution in [0.2, 0.25) is 0 Å². The van der Waals surface area contributed by atoms with Gasteiger partial charge in [0.05, 0.1) is 17.0 Å². The molecule has 1 fully saturated rings. The summed E-state index contributed by atoms with van der Waals surface area (Å²) < 4.78 is 0. The van der Waals surface area contributed by atoms with Gasteiger partial charge < -0.3 is 10.3 Å². The first-order chi connectivity index (χ1) is 8.22. The molecule has 0 spiro atoms. The first kappa shape index (κ1) is 11.6. The van der Waals surface area contributed by atoms with Gasteiger partial charge >= 0.3 is 5.97 Å². The van der Waals surface area contributed by atoms with Gasteiger partial charge in [-0.2, -0.15) is 0 Å². The van der Waals surface area contributed by atoms with E-state index in [1.807, 2.05) is 0 Å². The molecule has 0 amide bonds. The number of hydrogen-bond acceptors (Lipinski definition) is 4. The molecule has 0 aliphatic heterocycles. The number of carboxylic acids is 1. The summed E-state index contributed by atoms with van der Waals surface area (Å²) in [7, 11) is 0. The van der Waals surface area contributed by atoms with Crippen molar-refractivity contribution in [1.82, 2.24) is 4.98 Å². The second kappa shape index (κ2) is 4.95. The Bertz CT molecular complexity index is 457. The number of aromatic nitrogens is 1. The van der Waals surface area contributed by atoms with Crippen LogP contribution in [0.3, 0.4) is 0 Å². The van der Waals surface area contributed by atoms with Crippen molar-refractivity contribution in [2.45, 2.75) is 31.6 Å². The van der Waals surface area contributed by atoms with Crippen LogP contribution in [-0.2, 0) is 0 Å². The van der Waals surface area contributed by atoms with Crippen molar-refractivity contribution in [3.63, 3.8) is 0 Å². The number of nitrogens with zero attached hydrogens (tertiary/aromatic N) is 2. The quantitative estimate of drug-likeness (QED) is 0.607. The van der Waals surface area contributed by atoms with Gasteiger partial charge in [0.25, 0.3) is 0 Å². The molecule has 1 aromatic rings. The van der Waals surface area contributed by atoms with Crippen LogP contribution in [-0.4, -0.2) is 27.0 Å². The van der Waals surface area contributed by atoms with Crippen LogP contribution in [0.15, 0.2) is 23.5 Å². The first-order valence-electron chi connectivity index (χ1n) is 5.62. The third kappa shape index (κ3) is 2.43. The third-order valence-electron chi connectivity index (χ3n) is 3.09. The number of hydrogen-bond donors (Lipinski definition) is 2. The lowest BCUT2D eigenvalue weighted by Gasteiger charge is -2.22. The van der Waals surface area contributed by atoms with E-state index in [0.717, 1.165) is 25.7 Å². The zero-order chi connectivity index (χ0) is 12.3. The number of carbonyl (C=O) groups is 1. The van der Waals surface area contributed by atoms with Crippen molar-refractivity contribution in [2.24, 2.45) is 5.16 Å². The van der Waals surface area contributed by atoms with Crippen molar-refractivity contribution in [3.05, 3.63) is 29.6 Å².